The number of methoxy groups -OCH3 is 1. The quantitative estimate of drug-likeness (QED) is 0.801. The summed E-state index contributed by atoms with van der Waals surface area (Å²) < 4.78 is 11.2. The van der Waals surface area contributed by atoms with Crippen molar-refractivity contribution in [1.82, 2.24) is 4.98 Å². The number of nitrogens with zero attached hydrogens (tertiary/aromatic N) is 2. The third-order valence-corrected chi connectivity index (χ3v) is 5.06. The van der Waals surface area contributed by atoms with Gasteiger partial charge in [-0.2, -0.15) is 0 Å². The number of pyridine rings is 1. The van der Waals surface area contributed by atoms with Gasteiger partial charge in [-0.15, -0.1) is 11.8 Å². The van der Waals surface area contributed by atoms with E-state index in [4.69, 9.17) is 14.6 Å². The molecule has 0 aromatic carbocycles. The van der Waals surface area contributed by atoms with Gasteiger partial charge in [-0.1, -0.05) is 0 Å². The van der Waals surface area contributed by atoms with E-state index in [1.807, 2.05) is 6.07 Å². The molecular weight excluding hydrogens is 304 g/mol. The lowest BCUT2D eigenvalue weighted by molar-refractivity contribution is -0.136. The SMILES string of the molecule is COCC1CC2COc3c(SCCC(=O)O)ccnc3N2C1. The van der Waals surface area contributed by atoms with Gasteiger partial charge in [0.15, 0.2) is 11.6 Å². The summed E-state index contributed by atoms with van der Waals surface area (Å²) in [5.41, 5.74) is 0. The van der Waals surface area contributed by atoms with Gasteiger partial charge in [-0.05, 0) is 12.5 Å². The monoisotopic (exact) mass is 324 g/mol. The Morgan fingerprint density at radius 3 is 3.27 bits per heavy atom. The van der Waals surface area contributed by atoms with E-state index in [-0.39, 0.29) is 6.42 Å². The number of thioether (sulfide) groups is 1. The zero-order chi connectivity index (χ0) is 15.5. The van der Waals surface area contributed by atoms with Gasteiger partial charge < -0.3 is 19.5 Å². The summed E-state index contributed by atoms with van der Waals surface area (Å²) in [5.74, 6) is 1.95. The van der Waals surface area contributed by atoms with Gasteiger partial charge in [-0.25, -0.2) is 4.98 Å². The predicted molar refractivity (Wildman–Crippen MR) is 83.8 cm³/mol. The van der Waals surface area contributed by atoms with E-state index >= 15 is 0 Å². The zero-order valence-electron chi connectivity index (χ0n) is 12.5. The van der Waals surface area contributed by atoms with E-state index in [0.29, 0.717) is 24.3 Å². The fraction of sp³-hybridized carbons (Fsp3) is 0.600. The molecule has 0 spiro atoms. The number of hydrogen-bond donors (Lipinski definition) is 1. The second-order valence-electron chi connectivity index (χ2n) is 5.63. The van der Waals surface area contributed by atoms with Gasteiger partial charge >= 0.3 is 5.97 Å². The first-order valence-electron chi connectivity index (χ1n) is 7.41. The average molecular weight is 324 g/mol. The molecule has 1 aromatic rings. The topological polar surface area (TPSA) is 71.9 Å². The Labute approximate surface area is 133 Å². The molecule has 6 nitrogen and oxygen atoms in total. The summed E-state index contributed by atoms with van der Waals surface area (Å²) in [7, 11) is 1.73. The molecule has 1 aromatic heterocycles. The number of aromatic nitrogens is 1. The molecule has 3 rings (SSSR count). The lowest BCUT2D eigenvalue weighted by atomic mass is 10.1. The average Bonchev–Trinajstić information content (AvgIpc) is 2.90. The highest BCUT2D eigenvalue weighted by atomic mass is 32.2. The Hall–Kier alpha value is -1.47. The molecule has 22 heavy (non-hydrogen) atoms. The number of aliphatic carboxylic acids is 1. The summed E-state index contributed by atoms with van der Waals surface area (Å²) in [5, 5.41) is 8.76. The van der Waals surface area contributed by atoms with Crippen molar-refractivity contribution in [3.05, 3.63) is 12.3 Å². The molecule has 1 saturated heterocycles. The van der Waals surface area contributed by atoms with Crippen molar-refractivity contribution in [2.75, 3.05) is 37.5 Å². The molecule has 3 heterocycles. The molecule has 0 aliphatic carbocycles. The molecule has 2 unspecified atom stereocenters. The summed E-state index contributed by atoms with van der Waals surface area (Å²) in [6, 6.07) is 2.26. The van der Waals surface area contributed by atoms with Gasteiger partial charge in [-0.3, -0.25) is 4.79 Å². The van der Waals surface area contributed by atoms with Crippen molar-refractivity contribution >= 4 is 23.5 Å². The van der Waals surface area contributed by atoms with Crippen molar-refractivity contribution in [3.8, 4) is 5.75 Å². The second kappa shape index (κ2) is 6.75. The molecule has 0 radical (unpaired) electrons. The van der Waals surface area contributed by atoms with E-state index in [2.05, 4.69) is 9.88 Å². The zero-order valence-corrected chi connectivity index (χ0v) is 13.3. The Bertz CT molecular complexity index is 554. The molecular formula is C15H20N2O4S. The molecule has 0 bridgehead atoms. The number of hydrogen-bond acceptors (Lipinski definition) is 6. The fourth-order valence-corrected chi connectivity index (χ4v) is 4.02. The van der Waals surface area contributed by atoms with Crippen molar-refractivity contribution in [1.29, 1.82) is 0 Å². The normalized spacial score (nSPS) is 22.9. The van der Waals surface area contributed by atoms with E-state index < -0.39 is 5.97 Å². The van der Waals surface area contributed by atoms with Gasteiger partial charge in [0.25, 0.3) is 0 Å². The highest BCUT2D eigenvalue weighted by Crippen LogP contribution is 2.43. The van der Waals surface area contributed by atoms with E-state index in [1.54, 1.807) is 13.3 Å². The highest BCUT2D eigenvalue weighted by Gasteiger charge is 2.38. The van der Waals surface area contributed by atoms with Crippen LogP contribution < -0.4 is 9.64 Å². The third kappa shape index (κ3) is 3.15. The second-order valence-corrected chi connectivity index (χ2v) is 6.77. The lowest BCUT2D eigenvalue weighted by Gasteiger charge is -2.33. The number of fused-ring (bicyclic) bond motifs is 3. The van der Waals surface area contributed by atoms with Crippen molar-refractivity contribution in [3.63, 3.8) is 0 Å². The fourth-order valence-electron chi connectivity index (χ4n) is 3.09. The first-order chi connectivity index (χ1) is 10.7. The van der Waals surface area contributed by atoms with Crippen LogP contribution in [0.2, 0.25) is 0 Å². The lowest BCUT2D eigenvalue weighted by Crippen LogP contribution is -2.39. The summed E-state index contributed by atoms with van der Waals surface area (Å²) in [6.07, 6.45) is 2.98. The van der Waals surface area contributed by atoms with Gasteiger partial charge in [0.05, 0.1) is 24.0 Å². The van der Waals surface area contributed by atoms with E-state index in [9.17, 15) is 4.79 Å². The Morgan fingerprint density at radius 1 is 1.64 bits per heavy atom. The summed E-state index contributed by atoms with van der Waals surface area (Å²) >= 11 is 1.51. The third-order valence-electron chi connectivity index (χ3n) is 4.02. The number of carbonyl (C=O) groups is 1. The first-order valence-corrected chi connectivity index (χ1v) is 8.39. The van der Waals surface area contributed by atoms with Gasteiger partial charge in [0, 0.05) is 31.5 Å². The minimum atomic E-state index is -0.779. The van der Waals surface area contributed by atoms with Crippen LogP contribution in [0.1, 0.15) is 12.8 Å². The minimum absolute atomic E-state index is 0.143. The largest absolute Gasteiger partial charge is 0.486 e. The number of anilines is 1. The Balaban J connectivity index is 1.75. The molecule has 120 valence electrons. The van der Waals surface area contributed by atoms with Crippen LogP contribution in [0.3, 0.4) is 0 Å². The standard InChI is InChI=1S/C15H20N2O4S/c1-20-8-10-6-11-9-21-14-12(22-5-3-13(18)19)2-4-16-15(14)17(11)7-10/h2,4,10-11H,3,5-9H2,1H3,(H,18,19). The predicted octanol–water partition coefficient (Wildman–Crippen LogP) is 1.88. The highest BCUT2D eigenvalue weighted by molar-refractivity contribution is 7.99. The first kappa shape index (κ1) is 15.4. The number of ether oxygens (including phenoxy) is 2. The molecule has 1 fully saturated rings. The number of rotatable bonds is 6. The van der Waals surface area contributed by atoms with Crippen LogP contribution in [0.4, 0.5) is 5.82 Å². The summed E-state index contributed by atoms with van der Waals surface area (Å²) in [6.45, 7) is 2.35. The number of carboxylic acids is 1. The van der Waals surface area contributed by atoms with Crippen LogP contribution >= 0.6 is 11.8 Å². The molecule has 2 atom stereocenters. The maximum absolute atomic E-state index is 10.6. The molecule has 2 aliphatic rings. The molecule has 2 aliphatic heterocycles. The molecule has 7 heteroatoms. The maximum Gasteiger partial charge on any atom is 0.304 e. The van der Waals surface area contributed by atoms with Crippen molar-refractivity contribution in [2.24, 2.45) is 5.92 Å². The van der Waals surface area contributed by atoms with Crippen LogP contribution in [0.25, 0.3) is 0 Å². The minimum Gasteiger partial charge on any atom is -0.486 e. The number of carboxylic acid groups (broad SMARTS) is 1. The van der Waals surface area contributed by atoms with Crippen LogP contribution in [-0.4, -0.2) is 54.7 Å². The molecule has 1 N–H and O–H groups in total. The molecule has 0 saturated carbocycles. The van der Waals surface area contributed by atoms with Gasteiger partial charge in [0.2, 0.25) is 0 Å². The van der Waals surface area contributed by atoms with E-state index in [1.165, 1.54) is 11.8 Å². The van der Waals surface area contributed by atoms with Crippen LogP contribution in [0, 0.1) is 5.92 Å². The van der Waals surface area contributed by atoms with Crippen molar-refractivity contribution in [2.45, 2.75) is 23.8 Å². The van der Waals surface area contributed by atoms with Crippen molar-refractivity contribution < 1.29 is 19.4 Å². The Kier molecular flexibility index (Phi) is 4.73. The van der Waals surface area contributed by atoms with Crippen LogP contribution in [0.15, 0.2) is 17.2 Å². The summed E-state index contributed by atoms with van der Waals surface area (Å²) in [4.78, 5) is 18.4. The maximum atomic E-state index is 10.6. The molecule has 0 amide bonds. The Morgan fingerprint density at radius 2 is 2.50 bits per heavy atom. The van der Waals surface area contributed by atoms with Crippen LogP contribution in [0.5, 0.6) is 5.75 Å². The van der Waals surface area contributed by atoms with E-state index in [0.717, 1.165) is 36.0 Å². The van der Waals surface area contributed by atoms with Gasteiger partial charge in [0.1, 0.15) is 6.61 Å². The smallest absolute Gasteiger partial charge is 0.304 e. The van der Waals surface area contributed by atoms with Crippen LogP contribution in [-0.2, 0) is 9.53 Å².